The average molecular weight is 390 g/mol. The molecule has 0 spiro atoms. The quantitative estimate of drug-likeness (QED) is 0.275. The molecule has 0 aromatic carbocycles. The molecule has 158 valence electrons. The predicted molar refractivity (Wildman–Crippen MR) is 98.1 cm³/mol. The van der Waals surface area contributed by atoms with Gasteiger partial charge in [-0.05, 0) is 19.9 Å². The van der Waals surface area contributed by atoms with E-state index in [1.54, 1.807) is 4.90 Å². The van der Waals surface area contributed by atoms with Crippen LogP contribution in [0.25, 0.3) is 0 Å². The van der Waals surface area contributed by atoms with Gasteiger partial charge in [-0.2, -0.15) is 0 Å². The fourth-order valence-electron chi connectivity index (χ4n) is 2.81. The van der Waals surface area contributed by atoms with Crippen LogP contribution in [0.2, 0.25) is 0 Å². The molecule has 3 unspecified atom stereocenters. The SMILES string of the molecule is CCCN(CC=O)CC(=O)NCCOCCO[C@@H]1OC(C)[C@H](C)C(O)C1O. The van der Waals surface area contributed by atoms with Gasteiger partial charge < -0.3 is 34.5 Å². The van der Waals surface area contributed by atoms with E-state index < -0.39 is 18.5 Å². The van der Waals surface area contributed by atoms with Crippen LogP contribution in [0.15, 0.2) is 0 Å². The molecule has 0 bridgehead atoms. The first kappa shape index (κ1) is 23.9. The zero-order valence-electron chi connectivity index (χ0n) is 16.5. The van der Waals surface area contributed by atoms with E-state index in [0.717, 1.165) is 12.7 Å². The lowest BCUT2D eigenvalue weighted by Crippen LogP contribution is -2.53. The monoisotopic (exact) mass is 390 g/mol. The smallest absolute Gasteiger partial charge is 0.234 e. The van der Waals surface area contributed by atoms with Gasteiger partial charge in [-0.3, -0.25) is 9.69 Å². The number of aliphatic hydroxyl groups excluding tert-OH is 2. The lowest BCUT2D eigenvalue weighted by Gasteiger charge is -2.39. The van der Waals surface area contributed by atoms with Crippen molar-refractivity contribution in [1.29, 1.82) is 0 Å². The summed E-state index contributed by atoms with van der Waals surface area (Å²) in [6, 6.07) is 0. The van der Waals surface area contributed by atoms with Crippen molar-refractivity contribution in [3.63, 3.8) is 0 Å². The molecule has 5 atom stereocenters. The summed E-state index contributed by atoms with van der Waals surface area (Å²) in [5, 5.41) is 22.6. The minimum absolute atomic E-state index is 0.152. The number of aliphatic hydroxyl groups is 2. The number of nitrogens with one attached hydrogen (secondary N) is 1. The third-order valence-corrected chi connectivity index (χ3v) is 4.57. The van der Waals surface area contributed by atoms with Crippen LogP contribution in [0.3, 0.4) is 0 Å². The van der Waals surface area contributed by atoms with Crippen molar-refractivity contribution in [3.05, 3.63) is 0 Å². The van der Waals surface area contributed by atoms with Crippen LogP contribution in [0.4, 0.5) is 0 Å². The van der Waals surface area contributed by atoms with Crippen molar-refractivity contribution >= 4 is 12.2 Å². The number of hydrogen-bond acceptors (Lipinski definition) is 8. The standard InChI is InChI=1S/C18H34N2O7/c1-4-6-20(7-8-21)12-15(22)19-5-9-25-10-11-26-18-17(24)16(23)13(2)14(3)27-18/h8,13-14,16-18,23-24H,4-7,9-12H2,1-3H3,(H,19,22)/t13-,14?,16?,17?,18+/m0/s1. The molecule has 0 aromatic heterocycles. The Kier molecular flexibility index (Phi) is 11.7. The Morgan fingerprint density at radius 2 is 1.96 bits per heavy atom. The van der Waals surface area contributed by atoms with Crippen LogP contribution in [-0.4, -0.2) is 97.9 Å². The van der Waals surface area contributed by atoms with Gasteiger partial charge in [-0.15, -0.1) is 0 Å². The Bertz CT molecular complexity index is 438. The highest BCUT2D eigenvalue weighted by molar-refractivity contribution is 5.78. The number of ether oxygens (including phenoxy) is 3. The van der Waals surface area contributed by atoms with Crippen molar-refractivity contribution in [2.24, 2.45) is 5.92 Å². The van der Waals surface area contributed by atoms with Crippen LogP contribution < -0.4 is 5.32 Å². The van der Waals surface area contributed by atoms with Gasteiger partial charge in [0.05, 0.1) is 45.1 Å². The molecule has 9 nitrogen and oxygen atoms in total. The van der Waals surface area contributed by atoms with E-state index in [1.807, 2.05) is 20.8 Å². The van der Waals surface area contributed by atoms with Crippen LogP contribution >= 0.6 is 0 Å². The van der Waals surface area contributed by atoms with Gasteiger partial charge in [0, 0.05) is 12.5 Å². The van der Waals surface area contributed by atoms with Crippen molar-refractivity contribution in [2.75, 3.05) is 46.0 Å². The van der Waals surface area contributed by atoms with Gasteiger partial charge in [-0.1, -0.05) is 13.8 Å². The third kappa shape index (κ3) is 8.63. The zero-order chi connectivity index (χ0) is 20.2. The Morgan fingerprint density at radius 1 is 1.22 bits per heavy atom. The van der Waals surface area contributed by atoms with Crippen molar-refractivity contribution in [1.82, 2.24) is 10.2 Å². The lowest BCUT2D eigenvalue weighted by atomic mass is 9.92. The van der Waals surface area contributed by atoms with Crippen LogP contribution in [0.5, 0.6) is 0 Å². The van der Waals surface area contributed by atoms with Crippen LogP contribution in [0, 0.1) is 5.92 Å². The first-order valence-electron chi connectivity index (χ1n) is 9.54. The maximum absolute atomic E-state index is 11.8. The molecule has 1 amide bonds. The van der Waals surface area contributed by atoms with E-state index in [1.165, 1.54) is 0 Å². The number of amides is 1. The molecule has 1 aliphatic rings. The molecular formula is C18H34N2O7. The molecule has 1 saturated heterocycles. The summed E-state index contributed by atoms with van der Waals surface area (Å²) in [6.45, 7) is 7.91. The molecule has 0 saturated carbocycles. The first-order valence-corrected chi connectivity index (χ1v) is 9.54. The Labute approximate surface area is 160 Å². The van der Waals surface area contributed by atoms with E-state index in [0.29, 0.717) is 19.7 Å². The van der Waals surface area contributed by atoms with Gasteiger partial charge in [0.25, 0.3) is 0 Å². The second kappa shape index (κ2) is 13.1. The Balaban J connectivity index is 2.10. The second-order valence-electron chi connectivity index (χ2n) is 6.78. The van der Waals surface area contributed by atoms with E-state index in [4.69, 9.17) is 14.2 Å². The first-order chi connectivity index (χ1) is 12.9. The van der Waals surface area contributed by atoms with E-state index >= 15 is 0 Å². The summed E-state index contributed by atoms with van der Waals surface area (Å²) < 4.78 is 16.4. The van der Waals surface area contributed by atoms with E-state index in [9.17, 15) is 19.8 Å². The average Bonchev–Trinajstić information content (AvgIpc) is 2.63. The molecule has 0 aliphatic carbocycles. The van der Waals surface area contributed by atoms with Crippen LogP contribution in [0.1, 0.15) is 27.2 Å². The number of hydrogen-bond donors (Lipinski definition) is 3. The van der Waals surface area contributed by atoms with Gasteiger partial charge in [0.2, 0.25) is 5.91 Å². The summed E-state index contributed by atoms with van der Waals surface area (Å²) in [5.74, 6) is -0.319. The molecule has 1 aliphatic heterocycles. The largest absolute Gasteiger partial charge is 0.390 e. The number of carbonyl (C=O) groups excluding carboxylic acids is 2. The molecule has 27 heavy (non-hydrogen) atoms. The highest BCUT2D eigenvalue weighted by Gasteiger charge is 2.40. The second-order valence-corrected chi connectivity index (χ2v) is 6.78. The van der Waals surface area contributed by atoms with Crippen molar-refractivity contribution in [3.8, 4) is 0 Å². The molecule has 0 radical (unpaired) electrons. The van der Waals surface area contributed by atoms with Crippen LogP contribution in [-0.2, 0) is 23.8 Å². The molecule has 3 N–H and O–H groups in total. The summed E-state index contributed by atoms with van der Waals surface area (Å²) >= 11 is 0. The molecular weight excluding hydrogens is 356 g/mol. The van der Waals surface area contributed by atoms with Crippen molar-refractivity contribution in [2.45, 2.75) is 51.8 Å². The highest BCUT2D eigenvalue weighted by atomic mass is 16.7. The molecule has 1 heterocycles. The maximum atomic E-state index is 11.8. The topological polar surface area (TPSA) is 118 Å². The Morgan fingerprint density at radius 3 is 2.63 bits per heavy atom. The number of aldehydes is 1. The molecule has 0 aromatic rings. The number of rotatable bonds is 13. The number of nitrogens with zero attached hydrogens (tertiary/aromatic N) is 1. The van der Waals surface area contributed by atoms with Gasteiger partial charge in [0.1, 0.15) is 12.4 Å². The lowest BCUT2D eigenvalue weighted by molar-refractivity contribution is -0.281. The fraction of sp³-hybridized carbons (Fsp3) is 0.889. The fourth-order valence-corrected chi connectivity index (χ4v) is 2.81. The summed E-state index contributed by atoms with van der Waals surface area (Å²) in [6.07, 6.45) is -1.40. The summed E-state index contributed by atoms with van der Waals surface area (Å²) in [4.78, 5) is 24.2. The third-order valence-electron chi connectivity index (χ3n) is 4.57. The minimum atomic E-state index is -1.09. The Hall–Kier alpha value is -1.10. The summed E-state index contributed by atoms with van der Waals surface area (Å²) in [7, 11) is 0. The van der Waals surface area contributed by atoms with Gasteiger partial charge in [0.15, 0.2) is 6.29 Å². The molecule has 1 rings (SSSR count). The normalized spacial score (nSPS) is 28.3. The molecule has 1 fully saturated rings. The predicted octanol–water partition coefficient (Wildman–Crippen LogP) is -0.851. The van der Waals surface area contributed by atoms with E-state index in [2.05, 4.69) is 5.32 Å². The molecule has 9 heteroatoms. The maximum Gasteiger partial charge on any atom is 0.234 e. The van der Waals surface area contributed by atoms with E-state index in [-0.39, 0.29) is 44.2 Å². The van der Waals surface area contributed by atoms with Gasteiger partial charge in [-0.25, -0.2) is 0 Å². The number of carbonyl (C=O) groups is 2. The summed E-state index contributed by atoms with van der Waals surface area (Å²) in [5.41, 5.74) is 0. The highest BCUT2D eigenvalue weighted by Crippen LogP contribution is 2.26. The minimum Gasteiger partial charge on any atom is -0.390 e. The zero-order valence-corrected chi connectivity index (χ0v) is 16.5. The van der Waals surface area contributed by atoms with Gasteiger partial charge >= 0.3 is 0 Å². The van der Waals surface area contributed by atoms with Crippen molar-refractivity contribution < 1.29 is 34.0 Å².